The minimum atomic E-state index is -4.38. The molecule has 1 aliphatic rings. The van der Waals surface area contributed by atoms with Gasteiger partial charge >= 0.3 is 7.60 Å². The number of aliphatic hydroxyl groups excluding tert-OH is 1. The quantitative estimate of drug-likeness (QED) is 0.242. The van der Waals surface area contributed by atoms with Crippen LogP contribution in [0.15, 0.2) is 36.5 Å². The van der Waals surface area contributed by atoms with Crippen molar-refractivity contribution in [3.63, 3.8) is 0 Å². The Labute approximate surface area is 199 Å². The van der Waals surface area contributed by atoms with Crippen LogP contribution in [0.1, 0.15) is 18.5 Å². The molecule has 12 nitrogen and oxygen atoms in total. The number of aromatic nitrogens is 4. The first kappa shape index (κ1) is 24.7. The number of ketones is 1. The molecule has 0 saturated carbocycles. The second-order valence-electron chi connectivity index (χ2n) is 7.86. The van der Waals surface area contributed by atoms with Crippen molar-refractivity contribution in [3.05, 3.63) is 47.4 Å². The average Bonchev–Trinajstić information content (AvgIpc) is 3.30. The zero-order valence-electron chi connectivity index (χ0n) is 18.0. The van der Waals surface area contributed by atoms with E-state index in [2.05, 4.69) is 20.4 Å². The zero-order valence-corrected chi connectivity index (χ0v) is 19.6. The van der Waals surface area contributed by atoms with Gasteiger partial charge in [0.25, 0.3) is 0 Å². The van der Waals surface area contributed by atoms with E-state index in [0.717, 1.165) is 5.56 Å². The lowest BCUT2D eigenvalue weighted by Crippen LogP contribution is -2.31. The largest absolute Gasteiger partial charge is 0.382 e. The number of rotatable bonds is 9. The van der Waals surface area contributed by atoms with Gasteiger partial charge in [0.2, 0.25) is 5.28 Å². The average molecular weight is 512 g/mol. The van der Waals surface area contributed by atoms with E-state index in [1.165, 1.54) is 4.68 Å². The number of anilines is 1. The summed E-state index contributed by atoms with van der Waals surface area (Å²) in [5.74, 6) is -0.163. The van der Waals surface area contributed by atoms with Crippen LogP contribution in [0.3, 0.4) is 0 Å². The normalized spacial score (nSPS) is 21.8. The standard InChI is InChI=1S/C20H23ClN5O7P/c1-11(12-5-3-2-4-6-12)23-18-13-7-22-26(19(13)25-20(21)24-18)8-14-16(27)17(28)15(33-14)9-32-10-34(29,30)31/h2-7,11,14-16,27H,8-10H2,1H3,(H,23,24,25)(H2,29,30,31)/t11-,14+,15+,16?/m0/s1. The molecule has 0 radical (unpaired) electrons. The lowest BCUT2D eigenvalue weighted by molar-refractivity contribution is -0.129. The van der Waals surface area contributed by atoms with Gasteiger partial charge in [0.15, 0.2) is 11.4 Å². The van der Waals surface area contributed by atoms with Crippen molar-refractivity contribution in [1.82, 2.24) is 19.7 Å². The van der Waals surface area contributed by atoms with Crippen molar-refractivity contribution in [3.8, 4) is 0 Å². The minimum absolute atomic E-state index is 0.00955. The molecule has 1 unspecified atom stereocenters. The number of hydrogen-bond donors (Lipinski definition) is 4. The molecule has 1 saturated heterocycles. The Balaban J connectivity index is 1.50. The van der Waals surface area contributed by atoms with E-state index >= 15 is 0 Å². The van der Waals surface area contributed by atoms with Crippen LogP contribution in [0.5, 0.6) is 0 Å². The summed E-state index contributed by atoms with van der Waals surface area (Å²) < 4.78 is 22.8. The maximum Gasteiger partial charge on any atom is 0.350 e. The van der Waals surface area contributed by atoms with Crippen LogP contribution in [0.25, 0.3) is 11.0 Å². The summed E-state index contributed by atoms with van der Waals surface area (Å²) in [6, 6.07) is 9.69. The number of carbonyl (C=O) groups excluding carboxylic acids is 1. The van der Waals surface area contributed by atoms with E-state index in [1.807, 2.05) is 37.3 Å². The fourth-order valence-electron chi connectivity index (χ4n) is 3.64. The number of fused-ring (bicyclic) bond motifs is 1. The molecule has 0 aliphatic carbocycles. The molecule has 4 N–H and O–H groups in total. The molecule has 182 valence electrons. The Bertz CT molecular complexity index is 1220. The molecule has 1 aliphatic heterocycles. The van der Waals surface area contributed by atoms with Gasteiger partial charge in [0.05, 0.1) is 24.7 Å². The molecule has 1 fully saturated rings. The number of nitrogens with one attached hydrogen (secondary N) is 1. The van der Waals surface area contributed by atoms with Gasteiger partial charge in [-0.25, -0.2) is 4.68 Å². The Morgan fingerprint density at radius 2 is 2.03 bits per heavy atom. The third-order valence-corrected chi connectivity index (χ3v) is 5.99. The molecule has 0 bridgehead atoms. The SMILES string of the molecule is C[C@H](Nc1nc(Cl)nc2c1cnn2C[C@H]1O[C@H](COCP(=O)(O)O)C(=O)C1O)c1ccccc1. The summed E-state index contributed by atoms with van der Waals surface area (Å²) in [4.78, 5) is 38.5. The summed E-state index contributed by atoms with van der Waals surface area (Å²) >= 11 is 6.15. The van der Waals surface area contributed by atoms with E-state index in [9.17, 15) is 14.5 Å². The third-order valence-electron chi connectivity index (χ3n) is 5.30. The summed E-state index contributed by atoms with van der Waals surface area (Å²) in [6.45, 7) is 1.56. The Hall–Kier alpha value is -2.44. The monoisotopic (exact) mass is 511 g/mol. The van der Waals surface area contributed by atoms with Crippen LogP contribution in [-0.2, 0) is 25.4 Å². The highest BCUT2D eigenvalue weighted by molar-refractivity contribution is 7.51. The number of benzene rings is 1. The molecule has 34 heavy (non-hydrogen) atoms. The lowest BCUT2D eigenvalue weighted by atomic mass is 10.1. The number of aliphatic hydroxyl groups is 1. The summed E-state index contributed by atoms with van der Waals surface area (Å²) in [6.07, 6.45) is -2.88. The van der Waals surface area contributed by atoms with Gasteiger partial charge in [-0.3, -0.25) is 9.36 Å². The van der Waals surface area contributed by atoms with Crippen LogP contribution >= 0.6 is 19.2 Å². The summed E-state index contributed by atoms with van der Waals surface area (Å²) in [5.41, 5.74) is 1.43. The van der Waals surface area contributed by atoms with Crippen molar-refractivity contribution in [2.24, 2.45) is 0 Å². The van der Waals surface area contributed by atoms with Crippen molar-refractivity contribution in [2.45, 2.75) is 37.8 Å². The van der Waals surface area contributed by atoms with Crippen molar-refractivity contribution < 1.29 is 33.7 Å². The first-order chi connectivity index (χ1) is 16.1. The first-order valence-electron chi connectivity index (χ1n) is 10.3. The molecular formula is C20H23ClN5O7P. The van der Waals surface area contributed by atoms with E-state index in [0.29, 0.717) is 16.9 Å². The molecule has 1 aromatic carbocycles. The second-order valence-corrected chi connectivity index (χ2v) is 9.78. The van der Waals surface area contributed by atoms with Crippen LogP contribution in [0.4, 0.5) is 5.82 Å². The molecule has 4 rings (SSSR count). The van der Waals surface area contributed by atoms with Crippen molar-refractivity contribution in [1.29, 1.82) is 0 Å². The molecule has 2 aromatic heterocycles. The number of nitrogens with zero attached hydrogens (tertiary/aromatic N) is 4. The topological polar surface area (TPSA) is 169 Å². The molecule has 14 heteroatoms. The summed E-state index contributed by atoms with van der Waals surface area (Å²) in [7, 11) is -4.38. The minimum Gasteiger partial charge on any atom is -0.382 e. The Kier molecular flexibility index (Phi) is 7.29. The van der Waals surface area contributed by atoms with Gasteiger partial charge < -0.3 is 29.7 Å². The van der Waals surface area contributed by atoms with E-state index < -0.39 is 44.6 Å². The molecule has 0 amide bonds. The zero-order chi connectivity index (χ0) is 24.5. The van der Waals surface area contributed by atoms with Crippen LogP contribution < -0.4 is 5.32 Å². The fourth-order valence-corrected chi connectivity index (χ4v) is 4.15. The van der Waals surface area contributed by atoms with Crippen LogP contribution in [-0.4, -0.2) is 71.7 Å². The van der Waals surface area contributed by atoms with E-state index in [1.54, 1.807) is 6.20 Å². The first-order valence-corrected chi connectivity index (χ1v) is 12.5. The maximum absolute atomic E-state index is 12.3. The maximum atomic E-state index is 12.3. The van der Waals surface area contributed by atoms with Gasteiger partial charge in [-0.2, -0.15) is 15.1 Å². The molecule has 3 heterocycles. The smallest absolute Gasteiger partial charge is 0.350 e. The number of carbonyl (C=O) groups is 1. The Morgan fingerprint density at radius 3 is 2.74 bits per heavy atom. The third kappa shape index (κ3) is 5.61. The number of ether oxygens (including phenoxy) is 2. The van der Waals surface area contributed by atoms with Crippen molar-refractivity contribution in [2.75, 3.05) is 18.3 Å². The fraction of sp³-hybridized carbons (Fsp3) is 0.400. The second kappa shape index (κ2) is 10.0. The number of hydrogen-bond acceptors (Lipinski definition) is 9. The highest BCUT2D eigenvalue weighted by Crippen LogP contribution is 2.34. The highest BCUT2D eigenvalue weighted by Gasteiger charge is 2.43. The van der Waals surface area contributed by atoms with Gasteiger partial charge in [-0.15, -0.1) is 0 Å². The van der Waals surface area contributed by atoms with E-state index in [-0.39, 0.29) is 17.9 Å². The van der Waals surface area contributed by atoms with Gasteiger partial charge in [0, 0.05) is 6.04 Å². The van der Waals surface area contributed by atoms with Crippen LogP contribution in [0.2, 0.25) is 5.28 Å². The Morgan fingerprint density at radius 1 is 1.29 bits per heavy atom. The molecular weight excluding hydrogens is 489 g/mol. The molecule has 3 aromatic rings. The molecule has 4 atom stereocenters. The highest BCUT2D eigenvalue weighted by atomic mass is 35.5. The summed E-state index contributed by atoms with van der Waals surface area (Å²) in [5, 5.41) is 18.5. The van der Waals surface area contributed by atoms with Gasteiger partial charge in [0.1, 0.15) is 30.5 Å². The van der Waals surface area contributed by atoms with Crippen molar-refractivity contribution >= 4 is 41.8 Å². The van der Waals surface area contributed by atoms with E-state index in [4.69, 9.17) is 30.9 Å². The molecule has 0 spiro atoms. The van der Waals surface area contributed by atoms with Crippen LogP contribution in [0, 0.1) is 0 Å². The predicted molar refractivity (Wildman–Crippen MR) is 121 cm³/mol. The predicted octanol–water partition coefficient (Wildman–Crippen LogP) is 1.50. The lowest BCUT2D eigenvalue weighted by Gasteiger charge is -2.16. The number of halogens is 1. The van der Waals surface area contributed by atoms with Gasteiger partial charge in [-0.1, -0.05) is 30.3 Å². The van der Waals surface area contributed by atoms with Gasteiger partial charge in [-0.05, 0) is 24.1 Å². The number of Topliss-reactive ketones (excluding diaryl/α,β-unsaturated/α-hetero) is 1.